The van der Waals surface area contributed by atoms with Gasteiger partial charge in [-0.3, -0.25) is 4.90 Å². The van der Waals surface area contributed by atoms with E-state index in [2.05, 4.69) is 35.7 Å². The first kappa shape index (κ1) is 12.5. The lowest BCUT2D eigenvalue weighted by molar-refractivity contribution is 0.188. The van der Waals surface area contributed by atoms with Crippen molar-refractivity contribution in [3.05, 3.63) is 10.7 Å². The molecule has 1 aliphatic rings. The highest BCUT2D eigenvalue weighted by molar-refractivity contribution is 9.10. The number of nitrogen functional groups attached to an aromatic ring is 1. The SMILES string of the molecule is Nc1cc(Br)nc(N2CCN(CCO)CC2)n1. The molecule has 2 heterocycles. The quantitative estimate of drug-likeness (QED) is 0.761. The third-order valence-electron chi connectivity index (χ3n) is 2.77. The molecule has 7 heteroatoms. The number of piperazine rings is 1. The van der Waals surface area contributed by atoms with Crippen LogP contribution in [0.1, 0.15) is 0 Å². The normalized spacial score (nSPS) is 17.4. The summed E-state index contributed by atoms with van der Waals surface area (Å²) in [5.74, 6) is 1.14. The summed E-state index contributed by atoms with van der Waals surface area (Å²) in [5.41, 5.74) is 5.69. The van der Waals surface area contributed by atoms with Gasteiger partial charge in [-0.15, -0.1) is 0 Å². The zero-order valence-corrected chi connectivity index (χ0v) is 11.1. The highest BCUT2D eigenvalue weighted by Gasteiger charge is 2.18. The lowest BCUT2D eigenvalue weighted by Gasteiger charge is -2.34. The molecule has 3 N–H and O–H groups in total. The van der Waals surface area contributed by atoms with Crippen LogP contribution in [0.15, 0.2) is 10.7 Å². The standard InChI is InChI=1S/C10H16BrN5O/c11-8-7-9(12)14-10(13-8)16-3-1-15(2-4-16)5-6-17/h7,17H,1-6H2,(H2,12,13,14). The molecule has 0 atom stereocenters. The van der Waals surface area contributed by atoms with Crippen molar-refractivity contribution in [2.45, 2.75) is 0 Å². The zero-order chi connectivity index (χ0) is 12.3. The van der Waals surface area contributed by atoms with Gasteiger partial charge in [0.1, 0.15) is 10.4 Å². The highest BCUT2D eigenvalue weighted by atomic mass is 79.9. The Bertz CT molecular complexity index is 361. The summed E-state index contributed by atoms with van der Waals surface area (Å²) in [7, 11) is 0. The Labute approximate surface area is 109 Å². The molecular formula is C10H16BrN5O. The summed E-state index contributed by atoms with van der Waals surface area (Å²) in [6, 6.07) is 1.69. The van der Waals surface area contributed by atoms with E-state index in [1.54, 1.807) is 6.07 Å². The number of nitrogens with two attached hydrogens (primary N) is 1. The number of aromatic nitrogens is 2. The number of nitrogens with zero attached hydrogens (tertiary/aromatic N) is 4. The molecule has 6 nitrogen and oxygen atoms in total. The van der Waals surface area contributed by atoms with Crippen LogP contribution in [0.2, 0.25) is 0 Å². The molecule has 2 rings (SSSR count). The second kappa shape index (κ2) is 5.61. The number of halogens is 1. The second-order valence-electron chi connectivity index (χ2n) is 3.97. The van der Waals surface area contributed by atoms with E-state index >= 15 is 0 Å². The van der Waals surface area contributed by atoms with Gasteiger partial charge in [-0.05, 0) is 15.9 Å². The van der Waals surface area contributed by atoms with Gasteiger partial charge in [0, 0.05) is 38.8 Å². The third-order valence-corrected chi connectivity index (χ3v) is 3.18. The molecule has 0 aliphatic carbocycles. The Kier molecular flexibility index (Phi) is 4.14. The number of aliphatic hydroxyl groups is 1. The maximum Gasteiger partial charge on any atom is 0.228 e. The van der Waals surface area contributed by atoms with Crippen LogP contribution in [0.25, 0.3) is 0 Å². The van der Waals surface area contributed by atoms with Gasteiger partial charge in [0.15, 0.2) is 0 Å². The Hall–Kier alpha value is -0.920. The van der Waals surface area contributed by atoms with E-state index in [9.17, 15) is 0 Å². The molecule has 0 spiro atoms. The largest absolute Gasteiger partial charge is 0.395 e. The lowest BCUT2D eigenvalue weighted by Crippen LogP contribution is -2.47. The van der Waals surface area contributed by atoms with Crippen LogP contribution >= 0.6 is 15.9 Å². The molecule has 1 aliphatic heterocycles. The Balaban J connectivity index is 2.00. The first-order valence-corrected chi connectivity index (χ1v) is 6.36. The maximum absolute atomic E-state index is 8.87. The third kappa shape index (κ3) is 3.27. The molecule has 1 aromatic rings. The molecule has 94 valence electrons. The number of β-amino-alcohol motifs (C(OH)–C–C–N with tert-alkyl or cyclic N) is 1. The predicted octanol–water partition coefficient (Wildman–Crippen LogP) is -0.0644. The topological polar surface area (TPSA) is 78.5 Å². The van der Waals surface area contributed by atoms with Crippen LogP contribution in [-0.4, -0.2) is 59.3 Å². The fourth-order valence-electron chi connectivity index (χ4n) is 1.88. The van der Waals surface area contributed by atoms with Gasteiger partial charge in [0.25, 0.3) is 0 Å². The first-order valence-electron chi connectivity index (χ1n) is 5.57. The lowest BCUT2D eigenvalue weighted by atomic mass is 10.3. The van der Waals surface area contributed by atoms with Crippen LogP contribution in [0, 0.1) is 0 Å². The molecule has 1 aromatic heterocycles. The van der Waals surface area contributed by atoms with Gasteiger partial charge < -0.3 is 15.7 Å². The van der Waals surface area contributed by atoms with Gasteiger partial charge in [0.2, 0.25) is 5.95 Å². The van der Waals surface area contributed by atoms with Crippen molar-refractivity contribution in [1.29, 1.82) is 0 Å². The first-order chi connectivity index (χ1) is 8.19. The van der Waals surface area contributed by atoms with Crippen molar-refractivity contribution in [1.82, 2.24) is 14.9 Å². The van der Waals surface area contributed by atoms with E-state index < -0.39 is 0 Å². The fraction of sp³-hybridized carbons (Fsp3) is 0.600. The zero-order valence-electron chi connectivity index (χ0n) is 9.51. The van der Waals surface area contributed by atoms with Crippen molar-refractivity contribution in [3.8, 4) is 0 Å². The van der Waals surface area contributed by atoms with Gasteiger partial charge in [-0.25, -0.2) is 4.98 Å². The van der Waals surface area contributed by atoms with E-state index in [1.807, 2.05) is 0 Å². The summed E-state index contributed by atoms with van der Waals surface area (Å²) in [6.45, 7) is 4.48. The average Bonchev–Trinajstić information content (AvgIpc) is 2.29. The van der Waals surface area contributed by atoms with Gasteiger partial charge >= 0.3 is 0 Å². The van der Waals surface area contributed by atoms with Gasteiger partial charge in [-0.1, -0.05) is 0 Å². The number of anilines is 2. The second-order valence-corrected chi connectivity index (χ2v) is 4.78. The minimum Gasteiger partial charge on any atom is -0.395 e. The van der Waals surface area contributed by atoms with Crippen molar-refractivity contribution in [2.75, 3.05) is 50.0 Å². The van der Waals surface area contributed by atoms with Crippen molar-refractivity contribution in [3.63, 3.8) is 0 Å². The molecule has 17 heavy (non-hydrogen) atoms. The Morgan fingerprint density at radius 2 is 2.00 bits per heavy atom. The summed E-state index contributed by atoms with van der Waals surface area (Å²) >= 11 is 3.32. The Morgan fingerprint density at radius 3 is 2.59 bits per heavy atom. The molecule has 0 bridgehead atoms. The van der Waals surface area contributed by atoms with Crippen molar-refractivity contribution in [2.24, 2.45) is 0 Å². The molecule has 0 radical (unpaired) electrons. The van der Waals surface area contributed by atoms with Gasteiger partial charge in [0.05, 0.1) is 6.61 Å². The van der Waals surface area contributed by atoms with E-state index in [1.165, 1.54) is 0 Å². The molecule has 0 amide bonds. The molecule has 1 fully saturated rings. The van der Waals surface area contributed by atoms with Gasteiger partial charge in [-0.2, -0.15) is 4.98 Å². The predicted molar refractivity (Wildman–Crippen MR) is 69.9 cm³/mol. The Morgan fingerprint density at radius 1 is 1.29 bits per heavy atom. The van der Waals surface area contributed by atoms with Crippen LogP contribution in [0.5, 0.6) is 0 Å². The van der Waals surface area contributed by atoms with Crippen LogP contribution in [0.3, 0.4) is 0 Å². The van der Waals surface area contributed by atoms with Crippen molar-refractivity contribution < 1.29 is 5.11 Å². The summed E-state index contributed by atoms with van der Waals surface area (Å²) < 4.78 is 0.706. The smallest absolute Gasteiger partial charge is 0.228 e. The molecule has 0 aromatic carbocycles. The van der Waals surface area contributed by atoms with Crippen molar-refractivity contribution >= 4 is 27.7 Å². The van der Waals surface area contributed by atoms with E-state index in [-0.39, 0.29) is 6.61 Å². The minimum absolute atomic E-state index is 0.209. The van der Waals surface area contributed by atoms with E-state index in [0.29, 0.717) is 16.4 Å². The summed E-state index contributed by atoms with van der Waals surface area (Å²) in [6.07, 6.45) is 0. The number of aliphatic hydroxyl groups excluding tert-OH is 1. The molecular weight excluding hydrogens is 286 g/mol. The average molecular weight is 302 g/mol. The summed E-state index contributed by atoms with van der Waals surface area (Å²) in [4.78, 5) is 12.9. The van der Waals surface area contributed by atoms with Crippen LogP contribution in [-0.2, 0) is 0 Å². The fourth-order valence-corrected chi connectivity index (χ4v) is 2.27. The summed E-state index contributed by atoms with van der Waals surface area (Å²) in [5, 5.41) is 8.87. The number of hydrogen-bond acceptors (Lipinski definition) is 6. The molecule has 1 saturated heterocycles. The number of rotatable bonds is 3. The highest BCUT2D eigenvalue weighted by Crippen LogP contribution is 2.17. The monoisotopic (exact) mass is 301 g/mol. The number of hydrogen-bond donors (Lipinski definition) is 2. The minimum atomic E-state index is 0.209. The van der Waals surface area contributed by atoms with Crippen LogP contribution < -0.4 is 10.6 Å². The maximum atomic E-state index is 8.87. The van der Waals surface area contributed by atoms with E-state index in [4.69, 9.17) is 10.8 Å². The molecule has 0 unspecified atom stereocenters. The van der Waals surface area contributed by atoms with Crippen LogP contribution in [0.4, 0.5) is 11.8 Å². The van der Waals surface area contributed by atoms with E-state index in [0.717, 1.165) is 32.7 Å². The molecule has 0 saturated carbocycles.